The molecule has 0 saturated heterocycles. The molecule has 0 bridgehead atoms. The number of carbonyl (C=O) groups excluding carboxylic acids is 1. The molecule has 0 heterocycles. The fourth-order valence-electron chi connectivity index (χ4n) is 1.87. The number of hydrogen-bond donors (Lipinski definition) is 0. The second-order valence-corrected chi connectivity index (χ2v) is 6.06. The van der Waals surface area contributed by atoms with Crippen molar-refractivity contribution in [2.75, 3.05) is 0 Å². The van der Waals surface area contributed by atoms with Gasteiger partial charge in [0.05, 0.1) is 10.6 Å². The molecule has 18 heavy (non-hydrogen) atoms. The van der Waals surface area contributed by atoms with Crippen molar-refractivity contribution in [2.45, 2.75) is 37.5 Å². The van der Waals surface area contributed by atoms with E-state index in [1.807, 2.05) is 6.92 Å². The maximum Gasteiger partial charge on any atom is 0.282 e. The monoisotopic (exact) mass is 265 g/mol. The zero-order valence-corrected chi connectivity index (χ0v) is 11.0. The molecule has 5 heteroatoms. The largest absolute Gasteiger partial charge is 0.293 e. The normalized spacial score (nSPS) is 19.2. The summed E-state index contributed by atoms with van der Waals surface area (Å²) in [6.07, 6.45) is 2.52. The Labute approximate surface area is 107 Å². The van der Waals surface area contributed by atoms with E-state index in [9.17, 15) is 13.2 Å². The molecule has 0 atom stereocenters. The Kier molecular flexibility index (Phi) is 3.61. The van der Waals surface area contributed by atoms with Gasteiger partial charge in [-0.1, -0.05) is 17.7 Å². The number of hydrogen-bond acceptors (Lipinski definition) is 3. The fraction of sp³-hybridized carbons (Fsp3) is 0.385. The van der Waals surface area contributed by atoms with Crippen molar-refractivity contribution in [3.05, 3.63) is 29.8 Å². The highest BCUT2D eigenvalue weighted by Gasteiger charge is 2.21. The van der Waals surface area contributed by atoms with Gasteiger partial charge in [0.25, 0.3) is 10.0 Å². The van der Waals surface area contributed by atoms with E-state index >= 15 is 0 Å². The van der Waals surface area contributed by atoms with Crippen LogP contribution in [0, 0.1) is 6.92 Å². The van der Waals surface area contributed by atoms with Gasteiger partial charge in [-0.3, -0.25) is 4.79 Å². The predicted molar refractivity (Wildman–Crippen MR) is 69.3 cm³/mol. The van der Waals surface area contributed by atoms with Gasteiger partial charge < -0.3 is 0 Å². The van der Waals surface area contributed by atoms with Crippen molar-refractivity contribution in [2.24, 2.45) is 4.40 Å². The first-order chi connectivity index (χ1) is 8.49. The SMILES string of the molecule is Cc1ccc(S(=O)(=O)N=C2CCCCC2=O)cc1. The lowest BCUT2D eigenvalue weighted by molar-refractivity contribution is -0.113. The number of nitrogens with zero attached hydrogens (tertiary/aromatic N) is 1. The molecular weight excluding hydrogens is 250 g/mol. The minimum absolute atomic E-state index is 0.138. The molecule has 0 amide bonds. The first kappa shape index (κ1) is 13.0. The van der Waals surface area contributed by atoms with E-state index in [1.54, 1.807) is 12.1 Å². The van der Waals surface area contributed by atoms with E-state index in [1.165, 1.54) is 12.1 Å². The summed E-state index contributed by atoms with van der Waals surface area (Å²) < 4.78 is 27.7. The van der Waals surface area contributed by atoms with Crippen molar-refractivity contribution < 1.29 is 13.2 Å². The third kappa shape index (κ3) is 2.85. The summed E-state index contributed by atoms with van der Waals surface area (Å²) >= 11 is 0. The molecule has 0 aliphatic heterocycles. The molecule has 1 aromatic rings. The van der Waals surface area contributed by atoms with Gasteiger partial charge in [0.15, 0.2) is 5.78 Å². The minimum atomic E-state index is -3.74. The number of carbonyl (C=O) groups is 1. The lowest BCUT2D eigenvalue weighted by Crippen LogP contribution is -2.20. The Morgan fingerprint density at radius 2 is 1.67 bits per heavy atom. The summed E-state index contributed by atoms with van der Waals surface area (Å²) in [6, 6.07) is 6.47. The van der Waals surface area contributed by atoms with Crippen LogP contribution in [0.15, 0.2) is 33.6 Å². The summed E-state index contributed by atoms with van der Waals surface area (Å²) in [5.74, 6) is -0.142. The quantitative estimate of drug-likeness (QED) is 0.824. The molecule has 0 N–H and O–H groups in total. The third-order valence-electron chi connectivity index (χ3n) is 2.94. The van der Waals surface area contributed by atoms with Crippen LogP contribution in [0.1, 0.15) is 31.2 Å². The Bertz CT molecular complexity index is 585. The van der Waals surface area contributed by atoms with Crippen molar-refractivity contribution in [3.8, 4) is 0 Å². The Balaban J connectivity index is 2.34. The van der Waals surface area contributed by atoms with Gasteiger partial charge in [-0.25, -0.2) is 0 Å². The molecule has 1 aliphatic rings. The van der Waals surface area contributed by atoms with Crippen molar-refractivity contribution in [1.29, 1.82) is 0 Å². The number of aryl methyl sites for hydroxylation is 1. The van der Waals surface area contributed by atoms with E-state index in [-0.39, 0.29) is 16.4 Å². The lowest BCUT2D eigenvalue weighted by Gasteiger charge is -2.11. The highest BCUT2D eigenvalue weighted by Crippen LogP contribution is 2.17. The van der Waals surface area contributed by atoms with E-state index in [0.717, 1.165) is 18.4 Å². The van der Waals surface area contributed by atoms with Crippen molar-refractivity contribution >= 4 is 21.5 Å². The first-order valence-corrected chi connectivity index (χ1v) is 7.37. The highest BCUT2D eigenvalue weighted by molar-refractivity contribution is 7.90. The fourth-order valence-corrected chi connectivity index (χ4v) is 2.93. The van der Waals surface area contributed by atoms with E-state index < -0.39 is 10.0 Å². The number of rotatable bonds is 2. The van der Waals surface area contributed by atoms with Crippen LogP contribution < -0.4 is 0 Å². The van der Waals surface area contributed by atoms with E-state index in [4.69, 9.17) is 0 Å². The second-order valence-electron chi connectivity index (χ2n) is 4.46. The number of benzene rings is 1. The van der Waals surface area contributed by atoms with Crippen LogP contribution in [-0.2, 0) is 14.8 Å². The molecular formula is C13H15NO3S. The lowest BCUT2D eigenvalue weighted by atomic mass is 9.98. The second kappa shape index (κ2) is 5.02. The number of sulfonamides is 1. The smallest absolute Gasteiger partial charge is 0.282 e. The summed E-state index contributed by atoms with van der Waals surface area (Å²) in [5, 5.41) is 0. The minimum Gasteiger partial charge on any atom is -0.293 e. The molecule has 2 rings (SSSR count). The average molecular weight is 265 g/mol. The van der Waals surface area contributed by atoms with E-state index in [0.29, 0.717) is 12.8 Å². The zero-order chi connectivity index (χ0) is 13.2. The molecule has 0 aromatic heterocycles. The Hall–Kier alpha value is -1.49. The highest BCUT2D eigenvalue weighted by atomic mass is 32.2. The molecule has 0 radical (unpaired) electrons. The van der Waals surface area contributed by atoms with E-state index in [2.05, 4.69) is 4.40 Å². The standard InChI is InChI=1S/C13H15NO3S/c1-10-6-8-11(9-7-10)18(16,17)14-12-4-2-3-5-13(12)15/h6-9H,2-5H2,1H3. The van der Waals surface area contributed by atoms with Crippen LogP contribution in [0.5, 0.6) is 0 Å². The molecule has 1 fully saturated rings. The molecule has 1 aliphatic carbocycles. The number of Topliss-reactive ketones (excluding diaryl/α,β-unsaturated/α-hetero) is 1. The van der Waals surface area contributed by atoms with Crippen LogP contribution in [0.4, 0.5) is 0 Å². The van der Waals surface area contributed by atoms with Crippen LogP contribution in [0.2, 0.25) is 0 Å². The molecule has 4 nitrogen and oxygen atoms in total. The molecule has 0 unspecified atom stereocenters. The van der Waals surface area contributed by atoms with Gasteiger partial charge in [0.2, 0.25) is 0 Å². The van der Waals surface area contributed by atoms with Crippen LogP contribution >= 0.6 is 0 Å². The summed E-state index contributed by atoms with van der Waals surface area (Å²) in [5.41, 5.74) is 1.18. The average Bonchev–Trinajstić information content (AvgIpc) is 2.32. The summed E-state index contributed by atoms with van der Waals surface area (Å²) in [4.78, 5) is 11.7. The van der Waals surface area contributed by atoms with Gasteiger partial charge in [0.1, 0.15) is 0 Å². The maximum atomic E-state index is 12.0. The third-order valence-corrected chi connectivity index (χ3v) is 4.27. The summed E-state index contributed by atoms with van der Waals surface area (Å²) in [6.45, 7) is 1.88. The van der Waals surface area contributed by atoms with Crippen LogP contribution in [-0.4, -0.2) is 19.9 Å². The van der Waals surface area contributed by atoms with Gasteiger partial charge in [0, 0.05) is 6.42 Å². The van der Waals surface area contributed by atoms with Crippen LogP contribution in [0.3, 0.4) is 0 Å². The van der Waals surface area contributed by atoms with Crippen molar-refractivity contribution in [1.82, 2.24) is 0 Å². The molecule has 1 aromatic carbocycles. The molecule has 96 valence electrons. The topological polar surface area (TPSA) is 63.6 Å². The summed E-state index contributed by atoms with van der Waals surface area (Å²) in [7, 11) is -3.74. The maximum absolute atomic E-state index is 12.0. The Morgan fingerprint density at radius 3 is 2.28 bits per heavy atom. The van der Waals surface area contributed by atoms with Crippen molar-refractivity contribution in [3.63, 3.8) is 0 Å². The molecule has 1 saturated carbocycles. The molecule has 0 spiro atoms. The Morgan fingerprint density at radius 1 is 1.06 bits per heavy atom. The number of ketones is 1. The zero-order valence-electron chi connectivity index (χ0n) is 10.2. The van der Waals surface area contributed by atoms with Gasteiger partial charge in [-0.2, -0.15) is 12.8 Å². The van der Waals surface area contributed by atoms with Gasteiger partial charge in [-0.15, -0.1) is 0 Å². The predicted octanol–water partition coefficient (Wildman–Crippen LogP) is 2.27. The first-order valence-electron chi connectivity index (χ1n) is 5.93. The van der Waals surface area contributed by atoms with Gasteiger partial charge in [-0.05, 0) is 38.3 Å². The van der Waals surface area contributed by atoms with Gasteiger partial charge >= 0.3 is 0 Å². The van der Waals surface area contributed by atoms with Crippen LogP contribution in [0.25, 0.3) is 0 Å².